The van der Waals surface area contributed by atoms with E-state index in [1.54, 1.807) is 19.9 Å². The Labute approximate surface area is 180 Å². The predicted octanol–water partition coefficient (Wildman–Crippen LogP) is 5.61. The average Bonchev–Trinajstić information content (AvgIpc) is 2.69. The van der Waals surface area contributed by atoms with Crippen molar-refractivity contribution in [3.63, 3.8) is 0 Å². The SMILES string of the molecule is Cc1cc2c(c(F)c1CC(C)(C)C)OC(C)C(S)C(=O)N2Cc1cc(F)cc(F)c1. The van der Waals surface area contributed by atoms with E-state index < -0.39 is 34.7 Å². The van der Waals surface area contributed by atoms with Gasteiger partial charge in [0.25, 0.3) is 0 Å². The van der Waals surface area contributed by atoms with Crippen LogP contribution in [0, 0.1) is 29.8 Å². The molecule has 0 aliphatic carbocycles. The molecule has 0 saturated carbocycles. The fraction of sp³-hybridized carbons (Fsp3) is 0.435. The Morgan fingerprint density at radius 2 is 1.70 bits per heavy atom. The molecule has 3 rings (SSSR count). The predicted molar refractivity (Wildman–Crippen MR) is 115 cm³/mol. The Morgan fingerprint density at radius 3 is 2.27 bits per heavy atom. The van der Waals surface area contributed by atoms with Crippen LogP contribution in [0.5, 0.6) is 5.75 Å². The second-order valence-corrected chi connectivity index (χ2v) is 9.60. The van der Waals surface area contributed by atoms with Gasteiger partial charge in [-0.05, 0) is 60.6 Å². The molecule has 1 heterocycles. The monoisotopic (exact) mass is 437 g/mol. The number of hydrogen-bond donors (Lipinski definition) is 1. The molecule has 3 nitrogen and oxygen atoms in total. The maximum absolute atomic E-state index is 15.6. The maximum atomic E-state index is 15.6. The Balaban J connectivity index is 2.15. The number of halogens is 3. The number of aryl methyl sites for hydroxylation is 1. The molecule has 7 heteroatoms. The summed E-state index contributed by atoms with van der Waals surface area (Å²) in [5.41, 5.74) is 1.53. The van der Waals surface area contributed by atoms with Gasteiger partial charge in [0.2, 0.25) is 5.91 Å². The van der Waals surface area contributed by atoms with Crippen molar-refractivity contribution >= 4 is 24.2 Å². The van der Waals surface area contributed by atoms with Gasteiger partial charge >= 0.3 is 0 Å². The van der Waals surface area contributed by atoms with E-state index >= 15 is 4.39 Å². The van der Waals surface area contributed by atoms with Crippen LogP contribution in [-0.4, -0.2) is 17.3 Å². The van der Waals surface area contributed by atoms with E-state index in [0.29, 0.717) is 17.5 Å². The molecular weight excluding hydrogens is 411 g/mol. The summed E-state index contributed by atoms with van der Waals surface area (Å²) in [6, 6.07) is 4.76. The molecule has 0 radical (unpaired) electrons. The van der Waals surface area contributed by atoms with Crippen molar-refractivity contribution in [2.24, 2.45) is 5.41 Å². The van der Waals surface area contributed by atoms with Crippen molar-refractivity contribution < 1.29 is 22.7 Å². The summed E-state index contributed by atoms with van der Waals surface area (Å²) in [6.07, 6.45) is -0.197. The normalized spacial score (nSPS) is 19.4. The van der Waals surface area contributed by atoms with Crippen LogP contribution in [0.2, 0.25) is 0 Å². The molecule has 0 aromatic heterocycles. The van der Waals surface area contributed by atoms with Gasteiger partial charge in [-0.3, -0.25) is 4.79 Å². The number of carbonyl (C=O) groups is 1. The number of anilines is 1. The number of nitrogens with zero attached hydrogens (tertiary/aromatic N) is 1. The smallest absolute Gasteiger partial charge is 0.244 e. The third kappa shape index (κ3) is 4.61. The minimum absolute atomic E-state index is 0.0332. The molecule has 162 valence electrons. The van der Waals surface area contributed by atoms with Crippen LogP contribution >= 0.6 is 12.6 Å². The second kappa shape index (κ2) is 8.17. The van der Waals surface area contributed by atoms with Crippen LogP contribution in [-0.2, 0) is 17.8 Å². The highest BCUT2D eigenvalue weighted by Crippen LogP contribution is 2.41. The molecule has 0 fully saturated rings. The Morgan fingerprint density at radius 1 is 1.10 bits per heavy atom. The van der Waals surface area contributed by atoms with Crippen LogP contribution in [0.3, 0.4) is 0 Å². The fourth-order valence-corrected chi connectivity index (χ4v) is 3.82. The van der Waals surface area contributed by atoms with Crippen LogP contribution in [0.1, 0.15) is 44.4 Å². The van der Waals surface area contributed by atoms with Crippen molar-refractivity contribution in [2.75, 3.05) is 4.90 Å². The number of amides is 1. The molecule has 2 unspecified atom stereocenters. The summed E-state index contributed by atoms with van der Waals surface area (Å²) in [5, 5.41) is -0.860. The largest absolute Gasteiger partial charge is 0.484 e. The van der Waals surface area contributed by atoms with Gasteiger partial charge in [0.15, 0.2) is 11.6 Å². The lowest BCUT2D eigenvalue weighted by Gasteiger charge is -2.26. The summed E-state index contributed by atoms with van der Waals surface area (Å²) in [6.45, 7) is 9.33. The van der Waals surface area contributed by atoms with Gasteiger partial charge in [-0.2, -0.15) is 12.6 Å². The molecule has 1 aliphatic heterocycles. The standard InChI is InChI=1S/C23H26F3NO2S/c1-12-6-18-20(19(26)17(12)10-23(3,4)5)29-13(2)21(30)22(28)27(18)11-14-7-15(24)9-16(25)8-14/h6-9,13,21,30H,10-11H2,1-5H3. The first-order valence-electron chi connectivity index (χ1n) is 9.80. The zero-order chi connectivity index (χ0) is 22.4. The fourth-order valence-electron chi connectivity index (χ4n) is 3.62. The lowest BCUT2D eigenvalue weighted by Crippen LogP contribution is -2.40. The summed E-state index contributed by atoms with van der Waals surface area (Å²) < 4.78 is 48.8. The van der Waals surface area contributed by atoms with E-state index in [2.05, 4.69) is 12.6 Å². The Hall–Kier alpha value is -2.15. The molecule has 1 amide bonds. The Kier molecular flexibility index (Phi) is 6.14. The summed E-state index contributed by atoms with van der Waals surface area (Å²) in [7, 11) is 0. The molecule has 2 aromatic carbocycles. The van der Waals surface area contributed by atoms with Crippen molar-refractivity contribution in [3.8, 4) is 5.75 Å². The molecule has 0 saturated heterocycles. The van der Waals surface area contributed by atoms with E-state index in [-0.39, 0.29) is 29.0 Å². The Bertz CT molecular complexity index is 967. The van der Waals surface area contributed by atoms with Crippen LogP contribution in [0.15, 0.2) is 24.3 Å². The first-order chi connectivity index (χ1) is 13.9. The number of benzene rings is 2. The average molecular weight is 438 g/mol. The molecule has 30 heavy (non-hydrogen) atoms. The number of rotatable bonds is 3. The second-order valence-electron chi connectivity index (χ2n) is 9.04. The van der Waals surface area contributed by atoms with Crippen LogP contribution < -0.4 is 9.64 Å². The quantitative estimate of drug-likeness (QED) is 0.632. The van der Waals surface area contributed by atoms with E-state index in [1.165, 1.54) is 4.90 Å². The molecule has 0 N–H and O–H groups in total. The zero-order valence-electron chi connectivity index (χ0n) is 17.7. The zero-order valence-corrected chi connectivity index (χ0v) is 18.6. The summed E-state index contributed by atoms with van der Waals surface area (Å²) in [4.78, 5) is 14.4. The van der Waals surface area contributed by atoms with Crippen LogP contribution in [0.25, 0.3) is 0 Å². The van der Waals surface area contributed by atoms with Gasteiger partial charge in [0.05, 0.1) is 12.2 Å². The van der Waals surface area contributed by atoms with Gasteiger partial charge in [0, 0.05) is 6.07 Å². The van der Waals surface area contributed by atoms with Crippen molar-refractivity contribution in [2.45, 2.75) is 58.9 Å². The minimum Gasteiger partial charge on any atom is -0.484 e. The third-order valence-corrected chi connectivity index (χ3v) is 5.70. The number of thiol groups is 1. The highest BCUT2D eigenvalue weighted by Gasteiger charge is 2.37. The van der Waals surface area contributed by atoms with Crippen LogP contribution in [0.4, 0.5) is 18.9 Å². The first kappa shape index (κ1) is 22.5. The lowest BCUT2D eigenvalue weighted by molar-refractivity contribution is -0.119. The maximum Gasteiger partial charge on any atom is 0.244 e. The number of fused-ring (bicyclic) bond motifs is 1. The molecule has 2 aromatic rings. The lowest BCUT2D eigenvalue weighted by atomic mass is 9.86. The van der Waals surface area contributed by atoms with E-state index in [0.717, 1.165) is 18.2 Å². The van der Waals surface area contributed by atoms with Gasteiger partial charge < -0.3 is 9.64 Å². The van der Waals surface area contributed by atoms with Gasteiger partial charge in [-0.25, -0.2) is 13.2 Å². The topological polar surface area (TPSA) is 29.5 Å². The van der Waals surface area contributed by atoms with Gasteiger partial charge in [-0.1, -0.05) is 20.8 Å². The molecular formula is C23H26F3NO2S. The molecule has 1 aliphatic rings. The number of hydrogen-bond acceptors (Lipinski definition) is 3. The third-order valence-electron chi connectivity index (χ3n) is 5.05. The molecule has 0 spiro atoms. The highest BCUT2D eigenvalue weighted by molar-refractivity contribution is 7.81. The first-order valence-corrected chi connectivity index (χ1v) is 10.3. The summed E-state index contributed by atoms with van der Waals surface area (Å²) in [5.74, 6) is -2.46. The highest BCUT2D eigenvalue weighted by atomic mass is 32.1. The summed E-state index contributed by atoms with van der Waals surface area (Å²) >= 11 is 4.36. The molecule has 2 atom stereocenters. The number of carbonyl (C=O) groups excluding carboxylic acids is 1. The number of ether oxygens (including phenoxy) is 1. The van der Waals surface area contributed by atoms with E-state index in [1.807, 2.05) is 20.8 Å². The van der Waals surface area contributed by atoms with Crippen molar-refractivity contribution in [1.29, 1.82) is 0 Å². The minimum atomic E-state index is -0.860. The van der Waals surface area contributed by atoms with Crippen molar-refractivity contribution in [1.82, 2.24) is 0 Å². The van der Waals surface area contributed by atoms with Gasteiger partial charge in [-0.15, -0.1) is 0 Å². The van der Waals surface area contributed by atoms with E-state index in [4.69, 9.17) is 4.74 Å². The van der Waals surface area contributed by atoms with Gasteiger partial charge in [0.1, 0.15) is 23.0 Å². The molecule has 0 bridgehead atoms. The van der Waals surface area contributed by atoms with E-state index in [9.17, 15) is 13.6 Å². The van der Waals surface area contributed by atoms with Crippen molar-refractivity contribution in [3.05, 3.63) is 58.4 Å².